The van der Waals surface area contributed by atoms with Gasteiger partial charge in [-0.15, -0.1) is 0 Å². The van der Waals surface area contributed by atoms with Crippen LogP contribution in [0.25, 0.3) is 55.0 Å². The SMILES string of the molecule is c1ccc(-c2ccc(N(c3ccc4c(c3)C(c3ccccc3)(c3ccccc3)c3ccccc3-4)c3cccc4c3oc3c5ccccc5ccc43)cc2)cc1. The van der Waals surface area contributed by atoms with Gasteiger partial charge in [-0.05, 0) is 86.3 Å². The van der Waals surface area contributed by atoms with Crippen LogP contribution in [0.5, 0.6) is 0 Å². The number of hydrogen-bond donors (Lipinski definition) is 0. The van der Waals surface area contributed by atoms with Gasteiger partial charge in [-0.25, -0.2) is 0 Å². The number of furan rings is 1. The first-order chi connectivity index (χ1) is 27.3. The molecule has 1 aliphatic carbocycles. The van der Waals surface area contributed by atoms with Crippen LogP contribution in [-0.4, -0.2) is 0 Å². The molecule has 0 saturated carbocycles. The molecule has 0 aliphatic heterocycles. The summed E-state index contributed by atoms with van der Waals surface area (Å²) in [6.07, 6.45) is 0. The van der Waals surface area contributed by atoms with E-state index in [1.165, 1.54) is 49.9 Å². The van der Waals surface area contributed by atoms with E-state index >= 15 is 0 Å². The minimum atomic E-state index is -0.516. The smallest absolute Gasteiger partial charge is 0.159 e. The summed E-state index contributed by atoms with van der Waals surface area (Å²) in [6, 6.07) is 76.9. The van der Waals surface area contributed by atoms with Crippen molar-refractivity contribution in [1.29, 1.82) is 0 Å². The van der Waals surface area contributed by atoms with Crippen LogP contribution in [0.1, 0.15) is 22.3 Å². The molecule has 258 valence electrons. The molecule has 0 radical (unpaired) electrons. The van der Waals surface area contributed by atoms with E-state index < -0.39 is 5.41 Å². The van der Waals surface area contributed by atoms with E-state index in [4.69, 9.17) is 4.42 Å². The molecule has 0 saturated heterocycles. The molecule has 1 aliphatic rings. The number of rotatable bonds is 6. The van der Waals surface area contributed by atoms with Gasteiger partial charge in [-0.2, -0.15) is 0 Å². The molecular formula is C53H35NO. The Morgan fingerprint density at radius 2 is 0.945 bits per heavy atom. The summed E-state index contributed by atoms with van der Waals surface area (Å²) in [5.74, 6) is 0. The van der Waals surface area contributed by atoms with Gasteiger partial charge in [-0.3, -0.25) is 0 Å². The highest BCUT2D eigenvalue weighted by Gasteiger charge is 2.46. The summed E-state index contributed by atoms with van der Waals surface area (Å²) < 4.78 is 7.00. The largest absolute Gasteiger partial charge is 0.453 e. The van der Waals surface area contributed by atoms with Gasteiger partial charge < -0.3 is 9.32 Å². The van der Waals surface area contributed by atoms with Crippen LogP contribution in [0.4, 0.5) is 17.1 Å². The molecule has 1 heterocycles. The highest BCUT2D eigenvalue weighted by atomic mass is 16.3. The minimum Gasteiger partial charge on any atom is -0.453 e. The molecule has 0 N–H and O–H groups in total. The van der Waals surface area contributed by atoms with Gasteiger partial charge in [0.15, 0.2) is 5.58 Å². The molecule has 1 aromatic heterocycles. The van der Waals surface area contributed by atoms with Crippen LogP contribution >= 0.6 is 0 Å². The fraction of sp³-hybridized carbons (Fsp3) is 0.0189. The Labute approximate surface area is 320 Å². The van der Waals surface area contributed by atoms with E-state index in [0.717, 1.165) is 44.4 Å². The second kappa shape index (κ2) is 12.5. The molecule has 2 heteroatoms. The van der Waals surface area contributed by atoms with Crippen LogP contribution in [0.15, 0.2) is 217 Å². The van der Waals surface area contributed by atoms with E-state index in [2.05, 4.69) is 217 Å². The van der Waals surface area contributed by atoms with Crippen LogP contribution in [0.3, 0.4) is 0 Å². The average Bonchev–Trinajstić information content (AvgIpc) is 3.80. The van der Waals surface area contributed by atoms with Crippen molar-refractivity contribution in [2.24, 2.45) is 0 Å². The van der Waals surface area contributed by atoms with Gasteiger partial charge >= 0.3 is 0 Å². The molecule has 0 unspecified atom stereocenters. The van der Waals surface area contributed by atoms with Crippen LogP contribution < -0.4 is 4.90 Å². The summed E-state index contributed by atoms with van der Waals surface area (Å²) in [4.78, 5) is 2.38. The Balaban J connectivity index is 1.19. The topological polar surface area (TPSA) is 16.4 Å². The molecule has 0 spiro atoms. The van der Waals surface area contributed by atoms with Crippen molar-refractivity contribution in [2.45, 2.75) is 5.41 Å². The molecular weight excluding hydrogens is 667 g/mol. The monoisotopic (exact) mass is 701 g/mol. The van der Waals surface area contributed by atoms with E-state index in [-0.39, 0.29) is 0 Å². The summed E-state index contributed by atoms with van der Waals surface area (Å²) in [5.41, 5.74) is 14.3. The second-order valence-electron chi connectivity index (χ2n) is 14.4. The first-order valence-corrected chi connectivity index (χ1v) is 18.9. The minimum absolute atomic E-state index is 0.516. The van der Waals surface area contributed by atoms with Gasteiger partial charge in [0.25, 0.3) is 0 Å². The Kier molecular flexibility index (Phi) is 7.11. The Hall–Kier alpha value is -7.16. The Morgan fingerprint density at radius 3 is 1.71 bits per heavy atom. The molecule has 0 atom stereocenters. The van der Waals surface area contributed by atoms with Gasteiger partial charge in [0.1, 0.15) is 5.58 Å². The standard InChI is InChI=1S/C53H35NO/c1-4-15-36(16-5-1)37-27-30-41(31-28-37)54(50-26-14-24-46-47-33-29-38-17-10-11-22-43(38)51(47)55-52(46)50)42-32-34-45-44-23-12-13-25-48(44)53(49(45)35-42,39-18-6-2-7-19-39)40-20-8-3-9-21-40/h1-35H. The zero-order valence-corrected chi connectivity index (χ0v) is 30.1. The first-order valence-electron chi connectivity index (χ1n) is 18.9. The third-order valence-corrected chi connectivity index (χ3v) is 11.5. The molecule has 55 heavy (non-hydrogen) atoms. The maximum Gasteiger partial charge on any atom is 0.159 e. The van der Waals surface area contributed by atoms with Crippen molar-refractivity contribution < 1.29 is 4.42 Å². The lowest BCUT2D eigenvalue weighted by molar-refractivity contribution is 0.673. The van der Waals surface area contributed by atoms with Crippen molar-refractivity contribution in [3.05, 3.63) is 235 Å². The number of nitrogens with zero attached hydrogens (tertiary/aromatic N) is 1. The molecule has 0 fully saturated rings. The van der Waals surface area contributed by atoms with Gasteiger partial charge in [0.05, 0.1) is 11.1 Å². The Bertz CT molecular complexity index is 2980. The molecule has 2 nitrogen and oxygen atoms in total. The van der Waals surface area contributed by atoms with Crippen molar-refractivity contribution in [1.82, 2.24) is 0 Å². The number of para-hydroxylation sites is 1. The lowest BCUT2D eigenvalue weighted by Gasteiger charge is -2.35. The average molecular weight is 702 g/mol. The summed E-state index contributed by atoms with van der Waals surface area (Å²) in [7, 11) is 0. The third kappa shape index (κ3) is 4.75. The van der Waals surface area contributed by atoms with Crippen molar-refractivity contribution in [3.63, 3.8) is 0 Å². The van der Waals surface area contributed by atoms with Crippen molar-refractivity contribution in [3.8, 4) is 22.3 Å². The zero-order valence-electron chi connectivity index (χ0n) is 30.1. The molecule has 11 rings (SSSR count). The first kappa shape index (κ1) is 31.4. The highest BCUT2D eigenvalue weighted by Crippen LogP contribution is 2.57. The van der Waals surface area contributed by atoms with E-state index in [1.54, 1.807) is 0 Å². The predicted molar refractivity (Wildman–Crippen MR) is 229 cm³/mol. The highest BCUT2D eigenvalue weighted by molar-refractivity contribution is 6.17. The number of anilines is 3. The zero-order chi connectivity index (χ0) is 36.3. The number of benzene rings is 9. The van der Waals surface area contributed by atoms with E-state index in [0.29, 0.717) is 0 Å². The number of fused-ring (bicyclic) bond motifs is 8. The maximum absolute atomic E-state index is 7.00. The van der Waals surface area contributed by atoms with E-state index in [9.17, 15) is 0 Å². The van der Waals surface area contributed by atoms with Gasteiger partial charge in [-0.1, -0.05) is 176 Å². The van der Waals surface area contributed by atoms with Gasteiger partial charge in [0, 0.05) is 27.5 Å². The summed E-state index contributed by atoms with van der Waals surface area (Å²) in [6.45, 7) is 0. The van der Waals surface area contributed by atoms with Crippen molar-refractivity contribution in [2.75, 3.05) is 4.90 Å². The second-order valence-corrected chi connectivity index (χ2v) is 14.4. The summed E-state index contributed by atoms with van der Waals surface area (Å²) >= 11 is 0. The predicted octanol–water partition coefficient (Wildman–Crippen LogP) is 14.2. The number of hydrogen-bond acceptors (Lipinski definition) is 2. The van der Waals surface area contributed by atoms with Crippen LogP contribution in [0, 0.1) is 0 Å². The molecule has 10 aromatic rings. The van der Waals surface area contributed by atoms with Crippen molar-refractivity contribution >= 4 is 49.8 Å². The molecule has 0 bridgehead atoms. The quantitative estimate of drug-likeness (QED) is 0.172. The normalized spacial score (nSPS) is 12.9. The fourth-order valence-corrected chi connectivity index (χ4v) is 9.12. The third-order valence-electron chi connectivity index (χ3n) is 11.5. The fourth-order valence-electron chi connectivity index (χ4n) is 9.12. The molecule has 0 amide bonds. The van der Waals surface area contributed by atoms with E-state index in [1.807, 2.05) is 0 Å². The molecule has 9 aromatic carbocycles. The lowest BCUT2D eigenvalue weighted by atomic mass is 9.67. The maximum atomic E-state index is 7.00. The summed E-state index contributed by atoms with van der Waals surface area (Å²) in [5, 5.41) is 4.50. The Morgan fingerprint density at radius 1 is 0.364 bits per heavy atom. The van der Waals surface area contributed by atoms with Crippen LogP contribution in [-0.2, 0) is 5.41 Å². The van der Waals surface area contributed by atoms with Gasteiger partial charge in [0.2, 0.25) is 0 Å². The van der Waals surface area contributed by atoms with Crippen LogP contribution in [0.2, 0.25) is 0 Å². The lowest BCUT2D eigenvalue weighted by Crippen LogP contribution is -2.28.